The number of sulfone groups is 1. The summed E-state index contributed by atoms with van der Waals surface area (Å²) in [4.78, 5) is 4.66. The molecule has 0 saturated heterocycles. The minimum atomic E-state index is -2.95. The Morgan fingerprint density at radius 2 is 1.83 bits per heavy atom. The van der Waals surface area contributed by atoms with Crippen LogP contribution in [-0.2, 0) is 9.84 Å². The quantitative estimate of drug-likeness (QED) is 0.254. The third kappa shape index (κ3) is 12.3. The fourth-order valence-electron chi connectivity index (χ4n) is 2.68. The van der Waals surface area contributed by atoms with Crippen molar-refractivity contribution >= 4 is 39.8 Å². The molecule has 0 aliphatic heterocycles. The van der Waals surface area contributed by atoms with Gasteiger partial charge >= 0.3 is 0 Å². The van der Waals surface area contributed by atoms with E-state index in [0.29, 0.717) is 18.9 Å². The number of guanidine groups is 1. The molecule has 1 atom stereocenters. The van der Waals surface area contributed by atoms with Crippen LogP contribution in [0.1, 0.15) is 52.0 Å². The second kappa shape index (κ2) is 13.3. The summed E-state index contributed by atoms with van der Waals surface area (Å²) in [6, 6.07) is 8.19. The molecule has 2 N–H and O–H groups in total. The number of ether oxygens (including phenoxy) is 1. The Balaban J connectivity index is 0.00000784. The fraction of sp³-hybridized carbons (Fsp3) is 0.667. The molecule has 1 aromatic carbocycles. The van der Waals surface area contributed by atoms with E-state index in [0.717, 1.165) is 31.2 Å². The van der Waals surface area contributed by atoms with E-state index < -0.39 is 9.84 Å². The van der Waals surface area contributed by atoms with Gasteiger partial charge in [0.1, 0.15) is 15.6 Å². The summed E-state index contributed by atoms with van der Waals surface area (Å²) >= 11 is 0. The van der Waals surface area contributed by atoms with Crippen LogP contribution in [0, 0.1) is 5.41 Å². The highest BCUT2D eigenvalue weighted by atomic mass is 127. The number of aliphatic imine (C=N–C) groups is 1. The van der Waals surface area contributed by atoms with Crippen molar-refractivity contribution in [1.29, 1.82) is 0 Å². The Morgan fingerprint density at radius 1 is 1.21 bits per heavy atom. The molecule has 0 saturated carbocycles. The van der Waals surface area contributed by atoms with Crippen LogP contribution < -0.4 is 15.4 Å². The largest absolute Gasteiger partial charge is 0.497 e. The average Bonchev–Trinajstić information content (AvgIpc) is 2.64. The van der Waals surface area contributed by atoms with Crippen LogP contribution in [0.15, 0.2) is 29.3 Å². The normalized spacial score (nSPS) is 13.4. The highest BCUT2D eigenvalue weighted by Gasteiger charge is 2.20. The van der Waals surface area contributed by atoms with Gasteiger partial charge < -0.3 is 15.4 Å². The Kier molecular flexibility index (Phi) is 12.8. The van der Waals surface area contributed by atoms with Crippen LogP contribution in [0.4, 0.5) is 0 Å². The first kappa shape index (κ1) is 28.0. The highest BCUT2D eigenvalue weighted by molar-refractivity contribution is 14.0. The summed E-state index contributed by atoms with van der Waals surface area (Å²) < 4.78 is 28.0. The molecule has 0 aliphatic carbocycles. The zero-order chi connectivity index (χ0) is 21.2. The van der Waals surface area contributed by atoms with E-state index in [1.54, 1.807) is 7.11 Å². The smallest absolute Gasteiger partial charge is 0.191 e. The Morgan fingerprint density at radius 3 is 2.34 bits per heavy atom. The Labute approximate surface area is 194 Å². The third-order valence-electron chi connectivity index (χ3n) is 4.71. The average molecular weight is 540 g/mol. The molecule has 0 radical (unpaired) electrons. The number of halogens is 1. The number of nitrogens with zero attached hydrogens (tertiary/aromatic N) is 1. The SMILES string of the molecule is CCNC(=NCC(C)(C)CCS(C)(=O)=O)NCCC(C)c1ccc(OC)cc1.I. The molecule has 0 bridgehead atoms. The van der Waals surface area contributed by atoms with Gasteiger partial charge in [0.15, 0.2) is 5.96 Å². The lowest BCUT2D eigenvalue weighted by molar-refractivity contribution is 0.365. The Hall–Kier alpha value is -1.03. The number of benzene rings is 1. The van der Waals surface area contributed by atoms with Gasteiger partial charge in [-0.2, -0.15) is 0 Å². The van der Waals surface area contributed by atoms with Crippen molar-refractivity contribution in [2.24, 2.45) is 10.4 Å². The van der Waals surface area contributed by atoms with Gasteiger partial charge in [0.2, 0.25) is 0 Å². The van der Waals surface area contributed by atoms with Gasteiger partial charge in [-0.15, -0.1) is 24.0 Å². The summed E-state index contributed by atoms with van der Waals surface area (Å²) in [6.07, 6.45) is 2.86. The maximum absolute atomic E-state index is 11.4. The standard InChI is InChI=1S/C21H37N3O3S.HI/c1-7-22-20(24-16-21(3,4)13-15-28(6,25)26)23-14-12-17(2)18-8-10-19(27-5)11-9-18;/h8-11,17H,7,12-16H2,1-6H3,(H2,22,23,24);1H. The molecule has 29 heavy (non-hydrogen) atoms. The zero-order valence-electron chi connectivity index (χ0n) is 18.6. The van der Waals surface area contributed by atoms with Crippen LogP contribution in [0.3, 0.4) is 0 Å². The van der Waals surface area contributed by atoms with Crippen molar-refractivity contribution in [1.82, 2.24) is 10.6 Å². The lowest BCUT2D eigenvalue weighted by Gasteiger charge is -2.23. The van der Waals surface area contributed by atoms with E-state index in [4.69, 9.17) is 4.74 Å². The van der Waals surface area contributed by atoms with Gasteiger partial charge in [0.25, 0.3) is 0 Å². The molecule has 1 aromatic rings. The number of hydrogen-bond donors (Lipinski definition) is 2. The zero-order valence-corrected chi connectivity index (χ0v) is 21.8. The van der Waals surface area contributed by atoms with Gasteiger partial charge in [-0.1, -0.05) is 32.9 Å². The summed E-state index contributed by atoms with van der Waals surface area (Å²) in [6.45, 7) is 10.5. The van der Waals surface area contributed by atoms with Gasteiger partial charge in [0, 0.05) is 25.9 Å². The molecule has 0 fully saturated rings. The van der Waals surface area contributed by atoms with Crippen molar-refractivity contribution in [2.75, 3.05) is 38.8 Å². The summed E-state index contributed by atoms with van der Waals surface area (Å²) in [7, 11) is -1.28. The number of methoxy groups -OCH3 is 1. The van der Waals surface area contributed by atoms with E-state index >= 15 is 0 Å². The molecule has 1 unspecified atom stereocenters. The van der Waals surface area contributed by atoms with Crippen LogP contribution in [0.2, 0.25) is 0 Å². The van der Waals surface area contributed by atoms with Crippen molar-refractivity contribution in [3.8, 4) is 5.75 Å². The highest BCUT2D eigenvalue weighted by Crippen LogP contribution is 2.22. The molecule has 8 heteroatoms. The van der Waals surface area contributed by atoms with Crippen LogP contribution in [0.25, 0.3) is 0 Å². The monoisotopic (exact) mass is 539 g/mol. The van der Waals surface area contributed by atoms with Crippen molar-refractivity contribution in [3.05, 3.63) is 29.8 Å². The minimum Gasteiger partial charge on any atom is -0.497 e. The summed E-state index contributed by atoms with van der Waals surface area (Å²) in [5, 5.41) is 6.64. The molecule has 168 valence electrons. The number of nitrogens with one attached hydrogen (secondary N) is 2. The van der Waals surface area contributed by atoms with E-state index in [9.17, 15) is 8.42 Å². The molecule has 0 heterocycles. The van der Waals surface area contributed by atoms with Gasteiger partial charge in [0.05, 0.1) is 12.9 Å². The van der Waals surface area contributed by atoms with Crippen LogP contribution in [0.5, 0.6) is 5.75 Å². The summed E-state index contributed by atoms with van der Waals surface area (Å²) in [5.41, 5.74) is 1.12. The molecule has 0 aliphatic rings. The van der Waals surface area contributed by atoms with E-state index in [1.165, 1.54) is 11.8 Å². The lowest BCUT2D eigenvalue weighted by Crippen LogP contribution is -2.39. The first-order valence-electron chi connectivity index (χ1n) is 9.90. The topological polar surface area (TPSA) is 79.8 Å². The lowest BCUT2D eigenvalue weighted by atomic mass is 9.90. The fourth-order valence-corrected chi connectivity index (χ4v) is 3.61. The minimum absolute atomic E-state index is 0. The molecule has 0 aromatic heterocycles. The van der Waals surface area contributed by atoms with Gasteiger partial charge in [-0.3, -0.25) is 4.99 Å². The number of rotatable bonds is 11. The number of hydrogen-bond acceptors (Lipinski definition) is 4. The first-order valence-corrected chi connectivity index (χ1v) is 12.0. The second-order valence-corrected chi connectivity index (χ2v) is 10.4. The molecule has 0 amide bonds. The first-order chi connectivity index (χ1) is 13.1. The van der Waals surface area contributed by atoms with Gasteiger partial charge in [-0.05, 0) is 48.8 Å². The molecular weight excluding hydrogens is 501 g/mol. The maximum Gasteiger partial charge on any atom is 0.191 e. The van der Waals surface area contributed by atoms with Crippen LogP contribution in [-0.4, -0.2) is 53.1 Å². The van der Waals surface area contributed by atoms with Gasteiger partial charge in [-0.25, -0.2) is 8.42 Å². The van der Waals surface area contributed by atoms with Crippen molar-refractivity contribution in [2.45, 2.75) is 46.5 Å². The third-order valence-corrected chi connectivity index (χ3v) is 5.66. The maximum atomic E-state index is 11.4. The van der Waals surface area contributed by atoms with Crippen molar-refractivity contribution < 1.29 is 13.2 Å². The van der Waals surface area contributed by atoms with Crippen LogP contribution >= 0.6 is 24.0 Å². The van der Waals surface area contributed by atoms with E-state index in [-0.39, 0.29) is 35.1 Å². The van der Waals surface area contributed by atoms with E-state index in [1.807, 2.05) is 19.1 Å². The predicted molar refractivity (Wildman–Crippen MR) is 134 cm³/mol. The Bertz CT molecular complexity index is 719. The predicted octanol–water partition coefficient (Wildman–Crippen LogP) is 3.82. The molecule has 6 nitrogen and oxygen atoms in total. The van der Waals surface area contributed by atoms with E-state index in [2.05, 4.69) is 48.5 Å². The summed E-state index contributed by atoms with van der Waals surface area (Å²) in [5.74, 6) is 2.26. The second-order valence-electron chi connectivity index (χ2n) is 8.13. The molecular formula is C21H38IN3O3S. The molecule has 1 rings (SSSR count). The van der Waals surface area contributed by atoms with Crippen molar-refractivity contribution in [3.63, 3.8) is 0 Å². The molecule has 0 spiro atoms.